The summed E-state index contributed by atoms with van der Waals surface area (Å²) in [5, 5.41) is 2.64. The summed E-state index contributed by atoms with van der Waals surface area (Å²) in [4.78, 5) is 2.48. The van der Waals surface area contributed by atoms with Crippen LogP contribution in [-0.2, 0) is 10.8 Å². The van der Waals surface area contributed by atoms with Gasteiger partial charge in [-0.25, -0.2) is 0 Å². The molecule has 0 aliphatic heterocycles. The van der Waals surface area contributed by atoms with E-state index in [1.807, 2.05) is 11.3 Å². The van der Waals surface area contributed by atoms with Crippen molar-refractivity contribution in [2.75, 3.05) is 4.90 Å². The molecule has 2 heteroatoms. The molecule has 1 nitrogen and oxygen atoms in total. The third kappa shape index (κ3) is 5.71. The molecular weight excluding hydrogens is 815 g/mol. The molecule has 0 unspecified atom stereocenters. The summed E-state index contributed by atoms with van der Waals surface area (Å²) in [5.74, 6) is 0. The summed E-state index contributed by atoms with van der Waals surface area (Å²) in [6, 6.07) is 88.2. The maximum absolute atomic E-state index is 2.48. The van der Waals surface area contributed by atoms with Crippen LogP contribution in [-0.4, -0.2) is 0 Å². The average molecular weight is 860 g/mol. The first kappa shape index (κ1) is 38.7. The molecular formula is C64H45NS. The van der Waals surface area contributed by atoms with Crippen LogP contribution in [0.15, 0.2) is 237 Å². The van der Waals surface area contributed by atoms with Crippen LogP contribution in [0.1, 0.15) is 47.2 Å². The Bertz CT molecular complexity index is 3630. The minimum atomic E-state index is -0.432. The molecule has 0 bridgehead atoms. The summed E-state index contributed by atoms with van der Waals surface area (Å²) < 4.78 is 2.65. The van der Waals surface area contributed by atoms with Crippen LogP contribution in [0.3, 0.4) is 0 Å². The highest BCUT2D eigenvalue weighted by atomic mass is 32.1. The molecule has 1 heterocycles. The molecule has 66 heavy (non-hydrogen) atoms. The van der Waals surface area contributed by atoms with E-state index in [4.69, 9.17) is 0 Å². The van der Waals surface area contributed by atoms with Crippen molar-refractivity contribution in [1.82, 2.24) is 0 Å². The van der Waals surface area contributed by atoms with E-state index in [0.717, 1.165) is 11.4 Å². The molecule has 312 valence electrons. The van der Waals surface area contributed by atoms with E-state index in [0.29, 0.717) is 0 Å². The molecule has 2 aliphatic rings. The van der Waals surface area contributed by atoms with Gasteiger partial charge in [-0.1, -0.05) is 196 Å². The van der Waals surface area contributed by atoms with E-state index in [2.05, 4.69) is 255 Å². The van der Waals surface area contributed by atoms with Gasteiger partial charge in [0.1, 0.15) is 0 Å². The van der Waals surface area contributed by atoms with Crippen molar-refractivity contribution < 1.29 is 0 Å². The van der Waals surface area contributed by atoms with Gasteiger partial charge in [-0.05, 0) is 127 Å². The average Bonchev–Trinajstić information content (AvgIpc) is 3.98. The SMILES string of the molecule is CC1(C)c2ccccc2-c2c(N(c3ccc(-c4ccc5sc6ccccc6c5c4)cc3)c3cccc(-c4ccc5c(c4)-c4ccccc4C5(c4ccccc4)c4ccccc4)c3)cccc21. The number of hydrogen-bond donors (Lipinski definition) is 0. The Hall–Kier alpha value is -7.78. The minimum Gasteiger partial charge on any atom is -0.310 e. The summed E-state index contributed by atoms with van der Waals surface area (Å²) in [7, 11) is 0. The minimum absolute atomic E-state index is 0.126. The van der Waals surface area contributed by atoms with Crippen LogP contribution >= 0.6 is 11.3 Å². The van der Waals surface area contributed by atoms with E-state index < -0.39 is 5.41 Å². The van der Waals surface area contributed by atoms with E-state index in [1.165, 1.54) is 104 Å². The van der Waals surface area contributed by atoms with Crippen LogP contribution in [0.2, 0.25) is 0 Å². The second kappa shape index (κ2) is 14.9. The molecule has 0 atom stereocenters. The van der Waals surface area contributed by atoms with Crippen LogP contribution in [0.25, 0.3) is 64.7 Å². The molecule has 0 fully saturated rings. The molecule has 13 rings (SSSR count). The van der Waals surface area contributed by atoms with Crippen LogP contribution < -0.4 is 4.90 Å². The van der Waals surface area contributed by atoms with Gasteiger partial charge in [0.15, 0.2) is 0 Å². The Morgan fingerprint density at radius 1 is 0.348 bits per heavy atom. The van der Waals surface area contributed by atoms with Gasteiger partial charge in [0.2, 0.25) is 0 Å². The zero-order chi connectivity index (χ0) is 44.0. The van der Waals surface area contributed by atoms with Crippen molar-refractivity contribution in [2.24, 2.45) is 0 Å². The standard InChI is InChI=1S/C64H45NS/c1-63(2)55-26-12-10-25-52(55)62-58(63)28-16-29-59(62)65(48-35-31-42(32-36-48)44-34-38-61-54(41-44)51-24-11-14-30-60(51)66-61)49-22-15-17-43(39-49)45-33-37-57-53(40-45)50-23-9-13-27-56(50)64(57,46-18-5-3-6-19-46)47-20-7-4-8-21-47/h3-41H,1-2H3. The lowest BCUT2D eigenvalue weighted by Crippen LogP contribution is -2.28. The summed E-state index contributed by atoms with van der Waals surface area (Å²) >= 11 is 1.87. The zero-order valence-corrected chi connectivity index (χ0v) is 37.7. The van der Waals surface area contributed by atoms with Crippen molar-refractivity contribution >= 4 is 48.6 Å². The zero-order valence-electron chi connectivity index (χ0n) is 36.9. The number of rotatable bonds is 7. The Kier molecular flexibility index (Phi) is 8.72. The van der Waals surface area contributed by atoms with Gasteiger partial charge in [-0.2, -0.15) is 0 Å². The van der Waals surface area contributed by atoms with E-state index in [1.54, 1.807) is 0 Å². The van der Waals surface area contributed by atoms with Crippen molar-refractivity contribution in [1.29, 1.82) is 0 Å². The molecule has 0 amide bonds. The maximum atomic E-state index is 2.48. The largest absolute Gasteiger partial charge is 0.310 e. The molecule has 11 aromatic rings. The van der Waals surface area contributed by atoms with Crippen molar-refractivity contribution in [3.63, 3.8) is 0 Å². The number of anilines is 3. The molecule has 0 radical (unpaired) electrons. The van der Waals surface area contributed by atoms with E-state index in [-0.39, 0.29) is 5.41 Å². The maximum Gasteiger partial charge on any atom is 0.0713 e. The molecule has 10 aromatic carbocycles. The highest BCUT2D eigenvalue weighted by Crippen LogP contribution is 2.58. The third-order valence-corrected chi connectivity index (χ3v) is 15.7. The van der Waals surface area contributed by atoms with Crippen molar-refractivity contribution in [3.05, 3.63) is 270 Å². The fraction of sp³-hybridized carbons (Fsp3) is 0.0625. The fourth-order valence-electron chi connectivity index (χ4n) is 11.5. The topological polar surface area (TPSA) is 3.24 Å². The fourth-order valence-corrected chi connectivity index (χ4v) is 12.6. The Morgan fingerprint density at radius 3 is 1.71 bits per heavy atom. The second-order valence-electron chi connectivity index (χ2n) is 18.4. The molecule has 0 saturated carbocycles. The predicted molar refractivity (Wildman–Crippen MR) is 280 cm³/mol. The number of thiophene rings is 1. The van der Waals surface area contributed by atoms with Crippen molar-refractivity contribution in [3.8, 4) is 44.5 Å². The molecule has 1 aromatic heterocycles. The van der Waals surface area contributed by atoms with Crippen LogP contribution in [0.4, 0.5) is 17.1 Å². The Balaban J connectivity index is 0.968. The van der Waals surface area contributed by atoms with Gasteiger partial charge in [0.25, 0.3) is 0 Å². The Labute approximate surface area is 390 Å². The number of hydrogen-bond acceptors (Lipinski definition) is 2. The number of nitrogens with zero attached hydrogens (tertiary/aromatic N) is 1. The highest BCUT2D eigenvalue weighted by Gasteiger charge is 2.46. The molecule has 0 N–H and O–H groups in total. The van der Waals surface area contributed by atoms with Gasteiger partial charge in [-0.3, -0.25) is 0 Å². The van der Waals surface area contributed by atoms with Gasteiger partial charge in [-0.15, -0.1) is 11.3 Å². The monoisotopic (exact) mass is 859 g/mol. The van der Waals surface area contributed by atoms with Gasteiger partial charge < -0.3 is 4.90 Å². The first-order chi connectivity index (χ1) is 32.5. The lowest BCUT2D eigenvalue weighted by Gasteiger charge is -2.33. The van der Waals surface area contributed by atoms with Gasteiger partial charge in [0, 0.05) is 42.5 Å². The number of fused-ring (bicyclic) bond motifs is 9. The van der Waals surface area contributed by atoms with Gasteiger partial charge in [0.05, 0.1) is 11.1 Å². The molecule has 2 aliphatic carbocycles. The lowest BCUT2D eigenvalue weighted by atomic mass is 9.67. The predicted octanol–water partition coefficient (Wildman–Crippen LogP) is 17.5. The summed E-state index contributed by atoms with van der Waals surface area (Å²) in [6.07, 6.45) is 0. The first-order valence-corrected chi connectivity index (χ1v) is 23.8. The second-order valence-corrected chi connectivity index (χ2v) is 19.5. The van der Waals surface area contributed by atoms with Crippen molar-refractivity contribution in [2.45, 2.75) is 24.7 Å². The van der Waals surface area contributed by atoms with Crippen LogP contribution in [0, 0.1) is 0 Å². The highest BCUT2D eigenvalue weighted by molar-refractivity contribution is 7.25. The summed E-state index contributed by atoms with van der Waals surface area (Å²) in [6.45, 7) is 4.73. The van der Waals surface area contributed by atoms with E-state index in [9.17, 15) is 0 Å². The van der Waals surface area contributed by atoms with Gasteiger partial charge >= 0.3 is 0 Å². The Morgan fingerprint density at radius 2 is 0.924 bits per heavy atom. The third-order valence-electron chi connectivity index (χ3n) is 14.6. The smallest absolute Gasteiger partial charge is 0.0713 e. The molecule has 0 spiro atoms. The first-order valence-electron chi connectivity index (χ1n) is 23.0. The summed E-state index contributed by atoms with van der Waals surface area (Å²) in [5.41, 5.74) is 20.7. The van der Waals surface area contributed by atoms with E-state index >= 15 is 0 Å². The van der Waals surface area contributed by atoms with Crippen LogP contribution in [0.5, 0.6) is 0 Å². The molecule has 0 saturated heterocycles. The quantitative estimate of drug-likeness (QED) is 0.154. The normalized spacial score (nSPS) is 13.8. The number of benzene rings is 10. The lowest BCUT2D eigenvalue weighted by molar-refractivity contribution is 0.660.